The van der Waals surface area contributed by atoms with E-state index in [-0.39, 0.29) is 92.7 Å². The van der Waals surface area contributed by atoms with Crippen LogP contribution < -0.4 is 57.9 Å². The normalized spacial score (nSPS) is 16.0. The fraction of sp³-hybridized carbons (Fsp3) is 0.559. The summed E-state index contributed by atoms with van der Waals surface area (Å²) in [4.78, 5) is 85.8. The minimum Gasteiger partial charge on any atom is -1.00 e. The van der Waals surface area contributed by atoms with Gasteiger partial charge < -0.3 is 48.9 Å². The van der Waals surface area contributed by atoms with Crippen LogP contribution in [-0.2, 0) is 41.7 Å². The van der Waals surface area contributed by atoms with Crippen LogP contribution >= 0.6 is 0 Å². The number of rotatable bonds is 17. The zero-order chi connectivity index (χ0) is 35.2. The summed E-state index contributed by atoms with van der Waals surface area (Å²) in [5.41, 5.74) is 1.59. The molecule has 50 heavy (non-hydrogen) atoms. The summed E-state index contributed by atoms with van der Waals surface area (Å²) < 4.78 is 0. The minimum atomic E-state index is -0.987. The first-order valence-corrected chi connectivity index (χ1v) is 16.6. The molecule has 1 saturated heterocycles. The second-order valence-electron chi connectivity index (χ2n) is 12.8. The van der Waals surface area contributed by atoms with Gasteiger partial charge in [-0.1, -0.05) is 64.4 Å². The minimum absolute atomic E-state index is 0. The first-order chi connectivity index (χ1) is 22.9. The number of nitrogens with one attached hydrogen (secondary N) is 6. The molecule has 1 unspecified atom stereocenters. The third-order valence-corrected chi connectivity index (χ3v) is 8.40. The molecule has 6 amide bonds. The van der Waals surface area contributed by atoms with Crippen LogP contribution in [0.5, 0.6) is 0 Å². The molecule has 1 aliphatic rings. The predicted octanol–water partition coefficient (Wildman–Crippen LogP) is -5.19. The number of carbonyl (C=O) groups excluding carboxylic acids is 6. The molecule has 0 bridgehead atoms. The molecule has 0 aliphatic carbocycles. The number of aromatic nitrogens is 2. The maximum atomic E-state index is 13.2. The van der Waals surface area contributed by atoms with E-state index in [4.69, 9.17) is 0 Å². The van der Waals surface area contributed by atoms with Crippen LogP contribution in [0.4, 0.5) is 0 Å². The van der Waals surface area contributed by atoms with Crippen LogP contribution in [0.25, 0.3) is 0 Å². The number of aromatic amines is 1. The summed E-state index contributed by atoms with van der Waals surface area (Å²) in [5, 5.41) is 13.7. The molecular formula is C34H50ClLiN8O6. The molecular weight excluding hydrogens is 659 g/mol. The number of imidazole rings is 1. The Morgan fingerprint density at radius 3 is 2.26 bits per heavy atom. The molecule has 0 saturated carbocycles. The number of nitrogens with zero attached hydrogens (tertiary/aromatic N) is 2. The molecule has 270 valence electrons. The van der Waals surface area contributed by atoms with E-state index in [1.54, 1.807) is 6.20 Å². The van der Waals surface area contributed by atoms with Crippen LogP contribution in [0.15, 0.2) is 42.9 Å². The standard InChI is InChI=1S/C34H50N8O6.ClH.Li/c1-6-22(4)30(34(48)36-16-24-10-8-7-9-11-24)41-32(46)25-12-13-42(19-25)29(44)18-37-31(45)23(5)39-33(47)27(15-26-17-35-20-38-26)40-28(43)14-21(2)3;;/h7-11,17,20-23,25,27,30H,6,12-16,18-19H2,1-5H3,(H,35,38)(H,36,48)(H,37,45)(H,39,47)(H,40,43)(H,41,46);1H;/q;;+1/p-1/t22?,23-,25+,27-,30-;;/m0../s1. The van der Waals surface area contributed by atoms with E-state index in [1.165, 1.54) is 18.2 Å². The van der Waals surface area contributed by atoms with Gasteiger partial charge in [-0.2, -0.15) is 0 Å². The van der Waals surface area contributed by atoms with Crippen molar-refractivity contribution in [2.45, 2.75) is 85.0 Å². The molecule has 0 radical (unpaired) electrons. The van der Waals surface area contributed by atoms with Crippen molar-refractivity contribution in [2.75, 3.05) is 19.6 Å². The van der Waals surface area contributed by atoms with Crippen LogP contribution in [0.1, 0.15) is 65.1 Å². The Morgan fingerprint density at radius 1 is 0.940 bits per heavy atom. The summed E-state index contributed by atoms with van der Waals surface area (Å²) in [6, 6.07) is 6.88. The summed E-state index contributed by atoms with van der Waals surface area (Å²) in [6.07, 6.45) is 4.54. The number of benzene rings is 1. The van der Waals surface area contributed by atoms with Gasteiger partial charge >= 0.3 is 18.9 Å². The van der Waals surface area contributed by atoms with Gasteiger partial charge in [-0.25, -0.2) is 4.98 Å². The summed E-state index contributed by atoms with van der Waals surface area (Å²) in [7, 11) is 0. The van der Waals surface area contributed by atoms with Gasteiger partial charge in [0.25, 0.3) is 0 Å². The number of amides is 6. The molecule has 6 N–H and O–H groups in total. The number of likely N-dealkylation sites (tertiary alicyclic amines) is 1. The number of H-pyrrole nitrogens is 1. The Labute approximate surface area is 312 Å². The monoisotopic (exact) mass is 708 g/mol. The number of halogens is 1. The topological polar surface area (TPSA) is 194 Å². The molecule has 1 aromatic carbocycles. The fourth-order valence-electron chi connectivity index (χ4n) is 5.33. The van der Waals surface area contributed by atoms with Crippen LogP contribution in [0, 0.1) is 17.8 Å². The molecule has 2 heterocycles. The van der Waals surface area contributed by atoms with Crippen LogP contribution in [0.3, 0.4) is 0 Å². The summed E-state index contributed by atoms with van der Waals surface area (Å²) in [5.74, 6) is -2.82. The van der Waals surface area contributed by atoms with Crippen molar-refractivity contribution in [3.8, 4) is 0 Å². The van der Waals surface area contributed by atoms with Crippen molar-refractivity contribution in [1.29, 1.82) is 0 Å². The zero-order valence-electron chi connectivity index (χ0n) is 29.9. The smallest absolute Gasteiger partial charge is 1.00 e. The van der Waals surface area contributed by atoms with Crippen LogP contribution in [-0.4, -0.2) is 88.1 Å². The van der Waals surface area contributed by atoms with Crippen molar-refractivity contribution < 1.29 is 60.0 Å². The van der Waals surface area contributed by atoms with Crippen molar-refractivity contribution in [3.63, 3.8) is 0 Å². The van der Waals surface area contributed by atoms with Crippen molar-refractivity contribution >= 4 is 35.4 Å². The first kappa shape index (κ1) is 44.2. The molecule has 14 nitrogen and oxygen atoms in total. The van der Waals surface area contributed by atoms with Crippen LogP contribution in [0.2, 0.25) is 0 Å². The molecule has 3 rings (SSSR count). The third-order valence-electron chi connectivity index (χ3n) is 8.40. The summed E-state index contributed by atoms with van der Waals surface area (Å²) >= 11 is 0. The molecule has 0 spiro atoms. The van der Waals surface area contributed by atoms with Crippen molar-refractivity contribution in [1.82, 2.24) is 41.5 Å². The number of hydrogen-bond acceptors (Lipinski definition) is 7. The van der Waals surface area contributed by atoms with Gasteiger partial charge in [0, 0.05) is 44.4 Å². The Bertz CT molecular complexity index is 1400. The fourth-order valence-corrected chi connectivity index (χ4v) is 5.33. The van der Waals surface area contributed by atoms with E-state index in [2.05, 4.69) is 36.6 Å². The van der Waals surface area contributed by atoms with E-state index in [9.17, 15) is 28.8 Å². The number of carbonyl (C=O) groups is 6. The van der Waals surface area contributed by atoms with E-state index in [0.29, 0.717) is 31.6 Å². The van der Waals surface area contributed by atoms with E-state index < -0.39 is 35.9 Å². The quantitative estimate of drug-likeness (QED) is 0.0885. The van der Waals surface area contributed by atoms with Gasteiger partial charge in [0.1, 0.15) is 18.1 Å². The molecule has 1 fully saturated rings. The maximum Gasteiger partial charge on any atom is 1.00 e. The van der Waals surface area contributed by atoms with Gasteiger partial charge in [0.2, 0.25) is 35.4 Å². The Morgan fingerprint density at radius 2 is 1.64 bits per heavy atom. The van der Waals surface area contributed by atoms with Gasteiger partial charge in [0.05, 0.1) is 18.8 Å². The van der Waals surface area contributed by atoms with Gasteiger partial charge in [-0.3, -0.25) is 28.8 Å². The molecule has 16 heteroatoms. The largest absolute Gasteiger partial charge is 1.00 e. The maximum absolute atomic E-state index is 13.2. The Balaban J connectivity index is 0.00000625. The SMILES string of the molecule is CCC(C)[C@H](NC(=O)[C@@H]1CCN(C(=O)CNC(=O)[C@H](C)NC(=O)[C@H](Cc2cnc[nH]2)NC(=O)CC(C)C)C1)C(=O)NCc1ccccc1.[Cl-].[Li+]. The van der Waals surface area contributed by atoms with E-state index >= 15 is 0 Å². The molecule has 1 aliphatic heterocycles. The zero-order valence-corrected chi connectivity index (χ0v) is 30.6. The Hall–Kier alpha value is -3.86. The van der Waals surface area contributed by atoms with E-state index in [1.807, 2.05) is 58.0 Å². The van der Waals surface area contributed by atoms with Gasteiger partial charge in [0.15, 0.2) is 0 Å². The third kappa shape index (κ3) is 14.2. The number of hydrogen-bond donors (Lipinski definition) is 6. The molecule has 2 aromatic rings. The van der Waals surface area contributed by atoms with Crippen molar-refractivity contribution in [2.24, 2.45) is 17.8 Å². The summed E-state index contributed by atoms with van der Waals surface area (Å²) in [6.45, 7) is 9.68. The second-order valence-corrected chi connectivity index (χ2v) is 12.8. The van der Waals surface area contributed by atoms with Crippen molar-refractivity contribution in [3.05, 3.63) is 54.1 Å². The first-order valence-electron chi connectivity index (χ1n) is 16.6. The molecule has 5 atom stereocenters. The second kappa shape index (κ2) is 22.1. The van der Waals surface area contributed by atoms with Gasteiger partial charge in [-0.05, 0) is 30.7 Å². The average Bonchev–Trinajstić information content (AvgIpc) is 3.77. The van der Waals surface area contributed by atoms with E-state index in [0.717, 1.165) is 5.56 Å². The Kier molecular flexibility index (Phi) is 19.5. The average molecular weight is 709 g/mol. The van der Waals surface area contributed by atoms with Gasteiger partial charge in [-0.15, -0.1) is 0 Å². The molecule has 1 aromatic heterocycles. The predicted molar refractivity (Wildman–Crippen MR) is 179 cm³/mol.